The average Bonchev–Trinajstić information content (AvgIpc) is 2.66. The van der Waals surface area contributed by atoms with E-state index in [0.29, 0.717) is 16.8 Å². The molecule has 2 N–H and O–H groups in total. The molecular weight excluding hydrogens is 398 g/mol. The molecule has 29 heavy (non-hydrogen) atoms. The molecule has 0 bridgehead atoms. The van der Waals surface area contributed by atoms with Crippen molar-refractivity contribution in [3.63, 3.8) is 0 Å². The van der Waals surface area contributed by atoms with Crippen LogP contribution in [-0.2, 0) is 10.0 Å². The molecule has 0 radical (unpaired) electrons. The van der Waals surface area contributed by atoms with E-state index in [1.165, 1.54) is 54.6 Å². The first-order valence-corrected chi connectivity index (χ1v) is 10.1. The first-order chi connectivity index (χ1) is 13.7. The van der Waals surface area contributed by atoms with Gasteiger partial charge in [-0.05, 0) is 67.4 Å². The number of hydrogen-bond donors (Lipinski definition) is 2. The summed E-state index contributed by atoms with van der Waals surface area (Å²) >= 11 is 0. The van der Waals surface area contributed by atoms with Crippen LogP contribution in [0.25, 0.3) is 0 Å². The zero-order valence-corrected chi connectivity index (χ0v) is 16.5. The van der Waals surface area contributed by atoms with Crippen molar-refractivity contribution in [2.45, 2.75) is 18.7 Å². The number of halogens is 2. The van der Waals surface area contributed by atoms with Crippen molar-refractivity contribution in [1.82, 2.24) is 0 Å². The van der Waals surface area contributed by atoms with Crippen LogP contribution < -0.4 is 10.0 Å². The normalized spacial score (nSPS) is 11.2. The van der Waals surface area contributed by atoms with Gasteiger partial charge in [0, 0.05) is 11.3 Å². The maximum atomic E-state index is 13.8. The van der Waals surface area contributed by atoms with Gasteiger partial charge in [-0.2, -0.15) is 0 Å². The van der Waals surface area contributed by atoms with Gasteiger partial charge in [0.2, 0.25) is 0 Å². The van der Waals surface area contributed by atoms with Crippen molar-refractivity contribution in [2.24, 2.45) is 0 Å². The van der Waals surface area contributed by atoms with Crippen LogP contribution in [-0.4, -0.2) is 14.3 Å². The quantitative estimate of drug-likeness (QED) is 0.637. The van der Waals surface area contributed by atoms with Crippen molar-refractivity contribution in [3.05, 3.63) is 89.0 Å². The maximum Gasteiger partial charge on any atom is 0.262 e. The monoisotopic (exact) mass is 416 g/mol. The van der Waals surface area contributed by atoms with Gasteiger partial charge in [-0.25, -0.2) is 17.2 Å². The van der Waals surface area contributed by atoms with Gasteiger partial charge in [-0.3, -0.25) is 9.52 Å². The molecule has 0 aliphatic heterocycles. The summed E-state index contributed by atoms with van der Waals surface area (Å²) in [5.74, 6) is -1.68. The number of amides is 1. The Hall–Kier alpha value is -3.26. The molecule has 3 rings (SSSR count). The largest absolute Gasteiger partial charge is 0.322 e. The highest BCUT2D eigenvalue weighted by atomic mass is 32.2. The van der Waals surface area contributed by atoms with Crippen molar-refractivity contribution in [3.8, 4) is 0 Å². The second-order valence-electron chi connectivity index (χ2n) is 6.48. The predicted octanol–water partition coefficient (Wildman–Crippen LogP) is 4.63. The first kappa shape index (κ1) is 20.5. The number of nitrogens with one attached hydrogen (secondary N) is 2. The highest BCUT2D eigenvalue weighted by Crippen LogP contribution is 2.23. The van der Waals surface area contributed by atoms with Crippen molar-refractivity contribution >= 4 is 27.3 Å². The molecule has 0 saturated carbocycles. The topological polar surface area (TPSA) is 75.3 Å². The van der Waals surface area contributed by atoms with Gasteiger partial charge in [-0.15, -0.1) is 0 Å². The standard InChI is InChI=1S/C21H18F2N2O3S/c1-13-7-9-16(29(27,28)25-20-6-4-3-5-18(20)23)12-17(13)21(26)24-19-10-8-15(22)11-14(19)2/h3-12,25H,1-2H3,(H,24,26). The number of hydrogen-bond acceptors (Lipinski definition) is 3. The molecule has 1 amide bonds. The summed E-state index contributed by atoms with van der Waals surface area (Å²) in [7, 11) is -4.11. The Bertz CT molecular complexity index is 1190. The van der Waals surface area contributed by atoms with Crippen LogP contribution in [0.15, 0.2) is 65.6 Å². The second-order valence-corrected chi connectivity index (χ2v) is 8.16. The van der Waals surface area contributed by atoms with E-state index >= 15 is 0 Å². The highest BCUT2D eigenvalue weighted by Gasteiger charge is 2.20. The van der Waals surface area contributed by atoms with E-state index in [1.807, 2.05) is 0 Å². The summed E-state index contributed by atoms with van der Waals surface area (Å²) in [6.07, 6.45) is 0. The molecule has 0 atom stereocenters. The third kappa shape index (κ3) is 4.60. The molecule has 0 aromatic heterocycles. The van der Waals surface area contributed by atoms with Gasteiger partial charge in [0.25, 0.3) is 15.9 Å². The molecule has 0 spiro atoms. The van der Waals surface area contributed by atoms with Crippen LogP contribution >= 0.6 is 0 Å². The number of anilines is 2. The summed E-state index contributed by atoms with van der Waals surface area (Å²) in [5, 5.41) is 2.65. The lowest BCUT2D eigenvalue weighted by molar-refractivity contribution is 0.102. The second kappa shape index (κ2) is 8.00. The fourth-order valence-corrected chi connectivity index (χ4v) is 3.81. The average molecular weight is 416 g/mol. The molecule has 0 fully saturated rings. The van der Waals surface area contributed by atoms with Crippen LogP contribution in [0.3, 0.4) is 0 Å². The molecule has 0 saturated heterocycles. The van der Waals surface area contributed by atoms with E-state index in [4.69, 9.17) is 0 Å². The highest BCUT2D eigenvalue weighted by molar-refractivity contribution is 7.92. The summed E-state index contributed by atoms with van der Waals surface area (Å²) in [5.41, 5.74) is 1.42. The minimum atomic E-state index is -4.11. The van der Waals surface area contributed by atoms with Crippen LogP contribution in [0, 0.1) is 25.5 Å². The Morgan fingerprint density at radius 1 is 0.862 bits per heavy atom. The molecule has 3 aromatic rings. The minimum absolute atomic E-state index is 0.130. The van der Waals surface area contributed by atoms with Gasteiger partial charge in [-0.1, -0.05) is 18.2 Å². The number of aryl methyl sites for hydroxylation is 2. The molecule has 3 aromatic carbocycles. The van der Waals surface area contributed by atoms with Crippen LogP contribution in [0.4, 0.5) is 20.2 Å². The lowest BCUT2D eigenvalue weighted by atomic mass is 10.1. The molecule has 8 heteroatoms. The maximum absolute atomic E-state index is 13.8. The smallest absolute Gasteiger partial charge is 0.262 e. The Morgan fingerprint density at radius 3 is 2.28 bits per heavy atom. The SMILES string of the molecule is Cc1cc(F)ccc1NC(=O)c1cc(S(=O)(=O)Nc2ccccc2F)ccc1C. The van der Waals surface area contributed by atoms with Crippen molar-refractivity contribution < 1.29 is 22.0 Å². The van der Waals surface area contributed by atoms with Crippen LogP contribution in [0.2, 0.25) is 0 Å². The number of para-hydroxylation sites is 1. The molecule has 0 heterocycles. The predicted molar refractivity (Wildman–Crippen MR) is 107 cm³/mol. The zero-order valence-electron chi connectivity index (χ0n) is 15.7. The Morgan fingerprint density at radius 2 is 1.59 bits per heavy atom. The summed E-state index contributed by atoms with van der Waals surface area (Å²) in [6.45, 7) is 3.30. The lowest BCUT2D eigenvalue weighted by Crippen LogP contribution is -2.18. The molecule has 0 aliphatic carbocycles. The summed E-state index contributed by atoms with van der Waals surface area (Å²) in [4.78, 5) is 12.5. The third-order valence-electron chi connectivity index (χ3n) is 4.32. The van der Waals surface area contributed by atoms with E-state index < -0.39 is 27.6 Å². The summed E-state index contributed by atoms with van der Waals surface area (Å²) < 4.78 is 54.5. The van der Waals surface area contributed by atoms with Crippen LogP contribution in [0.5, 0.6) is 0 Å². The number of sulfonamides is 1. The number of carbonyl (C=O) groups is 1. The number of carbonyl (C=O) groups excluding carboxylic acids is 1. The molecular formula is C21H18F2N2O3S. The summed E-state index contributed by atoms with van der Waals surface area (Å²) in [6, 6.07) is 13.3. The van der Waals surface area contributed by atoms with E-state index in [9.17, 15) is 22.0 Å². The number of benzene rings is 3. The van der Waals surface area contributed by atoms with E-state index in [1.54, 1.807) is 13.8 Å². The van der Waals surface area contributed by atoms with Gasteiger partial charge >= 0.3 is 0 Å². The first-order valence-electron chi connectivity index (χ1n) is 8.63. The zero-order chi connectivity index (χ0) is 21.2. The van der Waals surface area contributed by atoms with E-state index in [-0.39, 0.29) is 16.1 Å². The van der Waals surface area contributed by atoms with Gasteiger partial charge < -0.3 is 5.32 Å². The molecule has 5 nitrogen and oxygen atoms in total. The molecule has 0 unspecified atom stereocenters. The lowest BCUT2D eigenvalue weighted by Gasteiger charge is -2.13. The number of rotatable bonds is 5. The molecule has 150 valence electrons. The van der Waals surface area contributed by atoms with Crippen LogP contribution in [0.1, 0.15) is 21.5 Å². The minimum Gasteiger partial charge on any atom is -0.322 e. The third-order valence-corrected chi connectivity index (χ3v) is 5.68. The van der Waals surface area contributed by atoms with Crippen molar-refractivity contribution in [1.29, 1.82) is 0 Å². The van der Waals surface area contributed by atoms with E-state index in [0.717, 1.165) is 6.07 Å². The fourth-order valence-electron chi connectivity index (χ4n) is 2.72. The Balaban J connectivity index is 1.91. The van der Waals surface area contributed by atoms with Crippen molar-refractivity contribution in [2.75, 3.05) is 10.0 Å². The Labute approximate surface area is 167 Å². The van der Waals surface area contributed by atoms with Gasteiger partial charge in [0.1, 0.15) is 11.6 Å². The van der Waals surface area contributed by atoms with Gasteiger partial charge in [0.15, 0.2) is 0 Å². The molecule has 0 aliphatic rings. The fraction of sp³-hybridized carbons (Fsp3) is 0.0952. The Kier molecular flexibility index (Phi) is 5.65. The van der Waals surface area contributed by atoms with Gasteiger partial charge in [0.05, 0.1) is 10.6 Å². The van der Waals surface area contributed by atoms with E-state index in [2.05, 4.69) is 10.0 Å².